The second kappa shape index (κ2) is 10.5. The van der Waals surface area contributed by atoms with Gasteiger partial charge >= 0.3 is 18.0 Å². The standard InChI is InChI=1S/C15H20N2O5S/c1-22-14(20)6-8-23-10-11-3-2-4-12(9-11)17-15(21)16-7-5-13(18)19/h2-4,9H,5-8,10H2,1H3,(H,18,19)(H2,16,17,21). The Morgan fingerprint density at radius 1 is 1.26 bits per heavy atom. The topological polar surface area (TPSA) is 105 Å². The molecule has 0 fully saturated rings. The number of anilines is 1. The summed E-state index contributed by atoms with van der Waals surface area (Å²) in [6, 6.07) is 6.89. The van der Waals surface area contributed by atoms with Gasteiger partial charge in [-0.1, -0.05) is 12.1 Å². The second-order valence-electron chi connectivity index (χ2n) is 4.60. The zero-order chi connectivity index (χ0) is 17.1. The fourth-order valence-corrected chi connectivity index (χ4v) is 2.52. The number of carboxylic acids is 1. The zero-order valence-electron chi connectivity index (χ0n) is 12.8. The minimum atomic E-state index is -0.962. The normalized spacial score (nSPS) is 9.96. The van der Waals surface area contributed by atoms with Crippen molar-refractivity contribution >= 4 is 35.4 Å². The van der Waals surface area contributed by atoms with Gasteiger partial charge < -0.3 is 20.5 Å². The molecule has 0 radical (unpaired) electrons. The van der Waals surface area contributed by atoms with Gasteiger partial charge in [0.25, 0.3) is 0 Å². The zero-order valence-corrected chi connectivity index (χ0v) is 13.6. The molecule has 0 aliphatic carbocycles. The van der Waals surface area contributed by atoms with Gasteiger partial charge in [-0.3, -0.25) is 9.59 Å². The first-order chi connectivity index (χ1) is 11.0. The SMILES string of the molecule is COC(=O)CCSCc1cccc(NC(=O)NCCC(=O)O)c1. The van der Waals surface area contributed by atoms with Crippen LogP contribution in [0.2, 0.25) is 0 Å². The number of esters is 1. The Hall–Kier alpha value is -2.22. The van der Waals surface area contributed by atoms with Crippen molar-refractivity contribution in [3.8, 4) is 0 Å². The predicted molar refractivity (Wildman–Crippen MR) is 88.5 cm³/mol. The van der Waals surface area contributed by atoms with Gasteiger partial charge in [-0.2, -0.15) is 11.8 Å². The van der Waals surface area contributed by atoms with Gasteiger partial charge in [0.2, 0.25) is 0 Å². The van der Waals surface area contributed by atoms with E-state index in [0.29, 0.717) is 23.6 Å². The second-order valence-corrected chi connectivity index (χ2v) is 5.71. The number of hydrogen-bond donors (Lipinski definition) is 3. The summed E-state index contributed by atoms with van der Waals surface area (Å²) in [5.74, 6) is 0.190. The molecule has 0 heterocycles. The third-order valence-corrected chi connectivity index (χ3v) is 3.79. The van der Waals surface area contributed by atoms with Crippen LogP contribution in [0.3, 0.4) is 0 Å². The first-order valence-corrected chi connectivity index (χ1v) is 8.17. The molecule has 0 spiro atoms. The number of aliphatic carboxylic acids is 1. The Bertz CT molecular complexity index is 550. The van der Waals surface area contributed by atoms with Gasteiger partial charge in [-0.05, 0) is 17.7 Å². The predicted octanol–water partition coefficient (Wildman–Crippen LogP) is 2.08. The van der Waals surface area contributed by atoms with Crippen LogP contribution in [0.15, 0.2) is 24.3 Å². The minimum absolute atomic E-state index is 0.0736. The molecule has 23 heavy (non-hydrogen) atoms. The number of urea groups is 1. The first-order valence-electron chi connectivity index (χ1n) is 7.01. The summed E-state index contributed by atoms with van der Waals surface area (Å²) >= 11 is 1.60. The van der Waals surface area contributed by atoms with Crippen LogP contribution in [0, 0.1) is 0 Å². The van der Waals surface area contributed by atoms with Crippen molar-refractivity contribution in [3.05, 3.63) is 29.8 Å². The number of carbonyl (C=O) groups excluding carboxylic acids is 2. The van der Waals surface area contributed by atoms with Gasteiger partial charge in [-0.15, -0.1) is 0 Å². The highest BCUT2D eigenvalue weighted by Crippen LogP contribution is 2.17. The molecule has 8 heteroatoms. The minimum Gasteiger partial charge on any atom is -0.481 e. The Morgan fingerprint density at radius 3 is 2.74 bits per heavy atom. The van der Waals surface area contributed by atoms with Gasteiger partial charge in [-0.25, -0.2) is 4.79 Å². The van der Waals surface area contributed by atoms with E-state index in [2.05, 4.69) is 15.4 Å². The van der Waals surface area contributed by atoms with Gasteiger partial charge in [0, 0.05) is 23.7 Å². The van der Waals surface area contributed by atoms with E-state index in [0.717, 1.165) is 5.56 Å². The Labute approximate surface area is 138 Å². The van der Waals surface area contributed by atoms with E-state index >= 15 is 0 Å². The van der Waals surface area contributed by atoms with Gasteiger partial charge in [0.05, 0.1) is 20.0 Å². The number of methoxy groups -OCH3 is 1. The summed E-state index contributed by atoms with van der Waals surface area (Å²) < 4.78 is 4.57. The van der Waals surface area contributed by atoms with E-state index in [1.54, 1.807) is 17.8 Å². The van der Waals surface area contributed by atoms with Crippen molar-refractivity contribution < 1.29 is 24.2 Å². The molecule has 0 atom stereocenters. The van der Waals surface area contributed by atoms with Crippen LogP contribution in [0.5, 0.6) is 0 Å². The maximum atomic E-state index is 11.6. The number of carbonyl (C=O) groups is 3. The molecular formula is C15H20N2O5S. The van der Waals surface area contributed by atoms with Gasteiger partial charge in [0.1, 0.15) is 0 Å². The number of benzene rings is 1. The average molecular weight is 340 g/mol. The quantitative estimate of drug-likeness (QED) is 0.469. The van der Waals surface area contributed by atoms with E-state index in [-0.39, 0.29) is 18.9 Å². The van der Waals surface area contributed by atoms with Crippen molar-refractivity contribution in [2.24, 2.45) is 0 Å². The highest BCUT2D eigenvalue weighted by Gasteiger charge is 2.04. The van der Waals surface area contributed by atoms with Crippen LogP contribution < -0.4 is 10.6 Å². The molecule has 0 aliphatic heterocycles. The smallest absolute Gasteiger partial charge is 0.319 e. The molecule has 2 amide bonds. The molecular weight excluding hydrogens is 320 g/mol. The van der Waals surface area contributed by atoms with Crippen LogP contribution in [0.4, 0.5) is 10.5 Å². The van der Waals surface area contributed by atoms with Crippen molar-refractivity contribution in [1.82, 2.24) is 5.32 Å². The van der Waals surface area contributed by atoms with E-state index in [1.165, 1.54) is 7.11 Å². The summed E-state index contributed by atoms with van der Waals surface area (Å²) in [5, 5.41) is 13.6. The third-order valence-electron chi connectivity index (χ3n) is 2.76. The average Bonchev–Trinajstić information content (AvgIpc) is 2.51. The van der Waals surface area contributed by atoms with E-state index in [4.69, 9.17) is 5.11 Å². The van der Waals surface area contributed by atoms with Crippen LogP contribution in [0.25, 0.3) is 0 Å². The first kappa shape index (κ1) is 18.8. The maximum absolute atomic E-state index is 11.6. The summed E-state index contributed by atoms with van der Waals surface area (Å²) in [7, 11) is 1.36. The lowest BCUT2D eigenvalue weighted by Gasteiger charge is -2.08. The number of carboxylic acid groups (broad SMARTS) is 1. The highest BCUT2D eigenvalue weighted by molar-refractivity contribution is 7.98. The Balaban J connectivity index is 2.36. The molecule has 0 unspecified atom stereocenters. The lowest BCUT2D eigenvalue weighted by molar-refractivity contribution is -0.140. The van der Waals surface area contributed by atoms with Crippen LogP contribution in [0.1, 0.15) is 18.4 Å². The number of rotatable bonds is 9. The Kier molecular flexibility index (Phi) is 8.59. The number of hydrogen-bond acceptors (Lipinski definition) is 5. The van der Waals surface area contributed by atoms with E-state index < -0.39 is 12.0 Å². The molecule has 3 N–H and O–H groups in total. The molecule has 1 aromatic rings. The monoisotopic (exact) mass is 340 g/mol. The Morgan fingerprint density at radius 2 is 2.04 bits per heavy atom. The molecule has 0 bridgehead atoms. The maximum Gasteiger partial charge on any atom is 0.319 e. The van der Waals surface area contributed by atoms with Crippen molar-refractivity contribution in [3.63, 3.8) is 0 Å². The molecule has 0 aliphatic rings. The lowest BCUT2D eigenvalue weighted by atomic mass is 10.2. The number of thioether (sulfide) groups is 1. The molecule has 0 saturated carbocycles. The summed E-state index contributed by atoms with van der Waals surface area (Å²) in [6.07, 6.45) is 0.245. The fraction of sp³-hybridized carbons (Fsp3) is 0.400. The van der Waals surface area contributed by atoms with E-state index in [9.17, 15) is 14.4 Å². The number of nitrogens with one attached hydrogen (secondary N) is 2. The van der Waals surface area contributed by atoms with Crippen molar-refractivity contribution in [2.45, 2.75) is 18.6 Å². The van der Waals surface area contributed by atoms with Crippen LogP contribution in [-0.4, -0.2) is 42.5 Å². The van der Waals surface area contributed by atoms with Crippen LogP contribution >= 0.6 is 11.8 Å². The highest BCUT2D eigenvalue weighted by atomic mass is 32.2. The molecule has 0 aromatic heterocycles. The summed E-state index contributed by atoms with van der Waals surface area (Å²) in [5.41, 5.74) is 1.65. The molecule has 126 valence electrons. The fourth-order valence-electron chi connectivity index (χ4n) is 1.64. The molecule has 1 rings (SSSR count). The van der Waals surface area contributed by atoms with Crippen molar-refractivity contribution in [1.29, 1.82) is 0 Å². The third kappa shape index (κ3) is 8.72. The van der Waals surface area contributed by atoms with Crippen LogP contribution in [-0.2, 0) is 20.1 Å². The molecule has 0 saturated heterocycles. The van der Waals surface area contributed by atoms with Crippen molar-refractivity contribution in [2.75, 3.05) is 24.7 Å². The summed E-state index contributed by atoms with van der Waals surface area (Å²) in [4.78, 5) is 33.0. The largest absolute Gasteiger partial charge is 0.481 e. The number of amides is 2. The molecule has 7 nitrogen and oxygen atoms in total. The van der Waals surface area contributed by atoms with Gasteiger partial charge in [0.15, 0.2) is 0 Å². The lowest BCUT2D eigenvalue weighted by Crippen LogP contribution is -2.30. The number of ether oxygens (including phenoxy) is 1. The molecule has 1 aromatic carbocycles. The summed E-state index contributed by atoms with van der Waals surface area (Å²) in [6.45, 7) is 0.0736. The van der Waals surface area contributed by atoms with E-state index in [1.807, 2.05) is 18.2 Å².